The third-order valence-electron chi connectivity index (χ3n) is 8.59. The molecule has 0 saturated heterocycles. The Labute approximate surface area is 196 Å². The van der Waals surface area contributed by atoms with E-state index in [1.807, 2.05) is 0 Å². The Morgan fingerprint density at radius 1 is 0.576 bits per heavy atom. The molecular weight excluding hydrogens is 416 g/mol. The van der Waals surface area contributed by atoms with Crippen molar-refractivity contribution in [3.8, 4) is 0 Å². The highest BCUT2D eigenvalue weighted by Crippen LogP contribution is 2.37. The summed E-state index contributed by atoms with van der Waals surface area (Å²) in [6.07, 6.45) is 2.16. The number of benzene rings is 4. The van der Waals surface area contributed by atoms with Gasteiger partial charge in [0, 0.05) is 47.2 Å². The number of aromatic nitrogens is 2. The summed E-state index contributed by atoms with van der Waals surface area (Å²) in [5, 5.41) is 12.4. The first-order valence-corrected chi connectivity index (χ1v) is 15.0. The fourth-order valence-electron chi connectivity index (χ4n) is 6.49. The summed E-state index contributed by atoms with van der Waals surface area (Å²) in [6.45, 7) is 7.20. The van der Waals surface area contributed by atoms with Crippen LogP contribution in [-0.2, 0) is 14.1 Å². The summed E-state index contributed by atoms with van der Waals surface area (Å²) in [7, 11) is 2.98. The Kier molecular flexibility index (Phi) is 4.50. The summed E-state index contributed by atoms with van der Waals surface area (Å²) in [4.78, 5) is 0. The molecule has 0 radical (unpaired) electrons. The van der Waals surface area contributed by atoms with Gasteiger partial charge in [0.15, 0.2) is 0 Å². The summed E-state index contributed by atoms with van der Waals surface area (Å²) in [5.41, 5.74) is 2.71. The van der Waals surface area contributed by atoms with Crippen LogP contribution in [0.25, 0.3) is 54.1 Å². The van der Waals surface area contributed by atoms with Crippen molar-refractivity contribution in [2.24, 2.45) is 14.1 Å². The first kappa shape index (κ1) is 20.6. The Morgan fingerprint density at radius 3 is 1.67 bits per heavy atom. The van der Waals surface area contributed by atoms with Gasteiger partial charge < -0.3 is 9.13 Å². The quantitative estimate of drug-likeness (QED) is 0.192. The van der Waals surface area contributed by atoms with E-state index in [2.05, 4.69) is 111 Å². The first-order chi connectivity index (χ1) is 16.0. The molecule has 0 saturated carbocycles. The van der Waals surface area contributed by atoms with E-state index < -0.39 is 8.07 Å². The summed E-state index contributed by atoms with van der Waals surface area (Å²) < 4.78 is 4.78. The van der Waals surface area contributed by atoms with Gasteiger partial charge in [0.25, 0.3) is 0 Å². The monoisotopic (exact) mass is 448 g/mol. The van der Waals surface area contributed by atoms with Crippen molar-refractivity contribution in [3.05, 3.63) is 66.9 Å². The maximum absolute atomic E-state index is 2.54. The number of rotatable bonds is 4. The van der Waals surface area contributed by atoms with E-state index in [0.29, 0.717) is 0 Å². The molecule has 0 aliphatic rings. The maximum atomic E-state index is 2.54. The molecular formula is C30H32N2Si. The molecule has 0 aliphatic heterocycles. The van der Waals surface area contributed by atoms with Gasteiger partial charge in [-0.25, -0.2) is 0 Å². The Hall–Kier alpha value is -3.04. The van der Waals surface area contributed by atoms with Gasteiger partial charge in [-0.1, -0.05) is 87.4 Å². The maximum Gasteiger partial charge on any atom is 0.107 e. The van der Waals surface area contributed by atoms with Crippen molar-refractivity contribution < 1.29 is 0 Å². The number of hydrogen-bond donors (Lipinski definition) is 0. The number of nitrogens with zero attached hydrogens (tertiary/aromatic N) is 2. The third-order valence-corrected chi connectivity index (χ3v) is 14.2. The third kappa shape index (κ3) is 2.66. The highest BCUT2D eigenvalue weighted by Gasteiger charge is 2.32. The fourth-order valence-corrected chi connectivity index (χ4v) is 10.4. The van der Waals surface area contributed by atoms with E-state index in [-0.39, 0.29) is 0 Å². The van der Waals surface area contributed by atoms with E-state index >= 15 is 0 Å². The van der Waals surface area contributed by atoms with Gasteiger partial charge in [0.05, 0.1) is 11.0 Å². The zero-order valence-corrected chi connectivity index (χ0v) is 21.4. The van der Waals surface area contributed by atoms with Gasteiger partial charge in [0.2, 0.25) is 0 Å². The molecule has 0 amide bonds. The van der Waals surface area contributed by atoms with Gasteiger partial charge in [-0.15, -0.1) is 0 Å². The van der Waals surface area contributed by atoms with E-state index in [9.17, 15) is 0 Å². The molecule has 0 N–H and O–H groups in total. The molecule has 33 heavy (non-hydrogen) atoms. The average Bonchev–Trinajstić information content (AvgIpc) is 3.40. The van der Waals surface area contributed by atoms with Crippen LogP contribution in [0.15, 0.2) is 66.9 Å². The molecule has 166 valence electrons. The van der Waals surface area contributed by atoms with Crippen molar-refractivity contribution in [1.82, 2.24) is 9.13 Å². The molecule has 0 aliphatic carbocycles. The zero-order valence-electron chi connectivity index (χ0n) is 20.4. The Bertz CT molecular complexity index is 1690. The SMILES string of the molecule is CC[Si](CC)(CC)c1cc2ccc3c4ccc5c(ccc6ccn(C)c65)c4ccc3c2n1C. The zero-order chi connectivity index (χ0) is 22.9. The van der Waals surface area contributed by atoms with Crippen LogP contribution in [0, 0.1) is 0 Å². The molecule has 6 rings (SSSR count). The van der Waals surface area contributed by atoms with Gasteiger partial charge in [-0.3, -0.25) is 0 Å². The minimum atomic E-state index is -1.46. The molecule has 4 aromatic carbocycles. The average molecular weight is 449 g/mol. The van der Waals surface area contributed by atoms with E-state index in [4.69, 9.17) is 0 Å². The predicted octanol–water partition coefficient (Wildman–Crippen LogP) is 7.85. The van der Waals surface area contributed by atoms with Crippen LogP contribution in [0.3, 0.4) is 0 Å². The standard InChI is InChI=1S/C30H32N2Si/c1-6-33(7-2,8-3)28-19-21-10-12-25-23-13-15-26-24(11-9-20-17-18-31(4)29(20)26)22(23)14-16-27(25)30(21)32(28)5/h9-19H,6-8H2,1-5H3. The molecule has 0 atom stereocenters. The highest BCUT2D eigenvalue weighted by molar-refractivity contribution is 6.91. The highest BCUT2D eigenvalue weighted by atomic mass is 28.3. The second-order valence-corrected chi connectivity index (χ2v) is 15.0. The molecule has 2 heterocycles. The number of fused-ring (bicyclic) bond motifs is 9. The van der Waals surface area contributed by atoms with Crippen molar-refractivity contribution in [3.63, 3.8) is 0 Å². The Balaban J connectivity index is 1.69. The molecule has 0 bridgehead atoms. The lowest BCUT2D eigenvalue weighted by Gasteiger charge is -2.29. The van der Waals surface area contributed by atoms with Gasteiger partial charge >= 0.3 is 0 Å². The van der Waals surface area contributed by atoms with Crippen LogP contribution in [-0.4, -0.2) is 17.2 Å². The summed E-state index contributed by atoms with van der Waals surface area (Å²) in [5.74, 6) is 0. The van der Waals surface area contributed by atoms with Crippen LogP contribution < -0.4 is 5.32 Å². The molecule has 2 nitrogen and oxygen atoms in total. The van der Waals surface area contributed by atoms with Crippen LogP contribution in [0.2, 0.25) is 18.1 Å². The van der Waals surface area contributed by atoms with Crippen molar-refractivity contribution in [2.75, 3.05) is 0 Å². The van der Waals surface area contributed by atoms with E-state index in [0.717, 1.165) is 0 Å². The Morgan fingerprint density at radius 2 is 1.06 bits per heavy atom. The van der Waals surface area contributed by atoms with Crippen LogP contribution in [0.1, 0.15) is 20.8 Å². The summed E-state index contributed by atoms with van der Waals surface area (Å²) >= 11 is 0. The molecule has 0 unspecified atom stereocenters. The smallest absolute Gasteiger partial charge is 0.107 e. The topological polar surface area (TPSA) is 9.86 Å². The van der Waals surface area contributed by atoms with Gasteiger partial charge in [-0.05, 0) is 33.7 Å². The fraction of sp³-hybridized carbons (Fsp3) is 0.267. The van der Waals surface area contributed by atoms with E-state index in [1.54, 1.807) is 5.32 Å². The lowest BCUT2D eigenvalue weighted by molar-refractivity contribution is 0.973. The first-order valence-electron chi connectivity index (χ1n) is 12.3. The number of aryl methyl sites for hydroxylation is 2. The predicted molar refractivity (Wildman–Crippen MR) is 149 cm³/mol. The normalized spacial score (nSPS) is 12.8. The van der Waals surface area contributed by atoms with Crippen molar-refractivity contribution in [2.45, 2.75) is 38.9 Å². The number of hydrogen-bond acceptors (Lipinski definition) is 0. The molecule has 0 fully saturated rings. The second-order valence-electron chi connectivity index (χ2n) is 9.78. The summed E-state index contributed by atoms with van der Waals surface area (Å²) in [6, 6.07) is 27.3. The van der Waals surface area contributed by atoms with Crippen molar-refractivity contribution >= 4 is 67.5 Å². The molecule has 2 aromatic heterocycles. The van der Waals surface area contributed by atoms with Gasteiger partial charge in [-0.2, -0.15) is 0 Å². The van der Waals surface area contributed by atoms with Gasteiger partial charge in [0.1, 0.15) is 8.07 Å². The van der Waals surface area contributed by atoms with Crippen LogP contribution in [0.5, 0.6) is 0 Å². The van der Waals surface area contributed by atoms with E-state index in [1.165, 1.54) is 72.3 Å². The lowest BCUT2D eigenvalue weighted by Crippen LogP contribution is -2.48. The minimum Gasteiger partial charge on any atom is -0.351 e. The molecule has 0 spiro atoms. The molecule has 3 heteroatoms. The minimum absolute atomic E-state index is 1.30. The van der Waals surface area contributed by atoms with Crippen molar-refractivity contribution in [1.29, 1.82) is 0 Å². The van der Waals surface area contributed by atoms with Crippen LogP contribution in [0.4, 0.5) is 0 Å². The second kappa shape index (κ2) is 7.23. The molecule has 6 aromatic rings. The lowest BCUT2D eigenvalue weighted by atomic mass is 9.95. The largest absolute Gasteiger partial charge is 0.351 e. The van der Waals surface area contributed by atoms with Crippen LogP contribution >= 0.6 is 0 Å².